The molecule has 0 bridgehead atoms. The van der Waals surface area contributed by atoms with Crippen molar-refractivity contribution in [1.82, 2.24) is 0 Å². The highest BCUT2D eigenvalue weighted by Gasteiger charge is 2.61. The lowest BCUT2D eigenvalue weighted by Gasteiger charge is -2.30. The van der Waals surface area contributed by atoms with Crippen LogP contribution in [-0.2, 0) is 0 Å². The van der Waals surface area contributed by atoms with Gasteiger partial charge in [0.05, 0.1) is 0 Å². The molecule has 2 saturated carbocycles. The maximum Gasteiger partial charge on any atom is 0.499 e. The third-order valence-corrected chi connectivity index (χ3v) is 8.65. The SMILES string of the molecule is FC(F)(F)C(F)(F)Oc1ccc(P(C2CCCC2)C2CCCC2)cc1. The molecule has 0 unspecified atom stereocenters. The minimum atomic E-state index is -5.72. The summed E-state index contributed by atoms with van der Waals surface area (Å²) in [5.41, 5.74) is 1.31. The van der Waals surface area contributed by atoms with E-state index in [4.69, 9.17) is 0 Å². The average molecular weight is 380 g/mol. The van der Waals surface area contributed by atoms with Gasteiger partial charge in [0.1, 0.15) is 5.75 Å². The molecule has 0 saturated heterocycles. The zero-order chi connectivity index (χ0) is 18.1. The zero-order valence-corrected chi connectivity index (χ0v) is 14.8. The zero-order valence-electron chi connectivity index (χ0n) is 13.9. The summed E-state index contributed by atoms with van der Waals surface area (Å²) in [5.74, 6) is -0.445. The van der Waals surface area contributed by atoms with Crippen LogP contribution < -0.4 is 10.0 Å². The molecular formula is C18H22F5OP. The summed E-state index contributed by atoms with van der Waals surface area (Å²) in [5, 5.41) is 1.11. The minimum absolute atomic E-state index is 0.391. The van der Waals surface area contributed by atoms with Crippen LogP contribution in [0.5, 0.6) is 5.75 Å². The van der Waals surface area contributed by atoms with Crippen LogP contribution >= 0.6 is 7.92 Å². The molecule has 1 aromatic rings. The van der Waals surface area contributed by atoms with Gasteiger partial charge in [-0.15, -0.1) is 0 Å². The first kappa shape index (κ1) is 18.9. The first-order valence-electron chi connectivity index (χ1n) is 8.80. The number of alkyl halides is 5. The molecule has 3 rings (SSSR count). The molecule has 2 aliphatic carbocycles. The highest BCUT2D eigenvalue weighted by Crippen LogP contribution is 2.56. The summed E-state index contributed by atoms with van der Waals surface area (Å²) < 4.78 is 66.7. The Balaban J connectivity index is 1.77. The Morgan fingerprint density at radius 1 is 0.760 bits per heavy atom. The van der Waals surface area contributed by atoms with E-state index in [1.807, 2.05) is 0 Å². The summed E-state index contributed by atoms with van der Waals surface area (Å²) in [6.45, 7) is 0. The van der Waals surface area contributed by atoms with Gasteiger partial charge in [0, 0.05) is 0 Å². The second kappa shape index (κ2) is 7.38. The molecule has 140 valence electrons. The smallest absolute Gasteiger partial charge is 0.426 e. The summed E-state index contributed by atoms with van der Waals surface area (Å²) in [6.07, 6.45) is -1.16. The highest BCUT2D eigenvalue weighted by atomic mass is 31.1. The molecule has 1 aromatic carbocycles. The van der Waals surface area contributed by atoms with Gasteiger partial charge in [-0.3, -0.25) is 0 Å². The average Bonchev–Trinajstić information content (AvgIpc) is 3.22. The van der Waals surface area contributed by atoms with E-state index in [9.17, 15) is 22.0 Å². The molecule has 25 heavy (non-hydrogen) atoms. The fourth-order valence-corrected chi connectivity index (χ4v) is 7.75. The monoisotopic (exact) mass is 380 g/mol. The minimum Gasteiger partial charge on any atom is -0.426 e. The summed E-state index contributed by atoms with van der Waals surface area (Å²) >= 11 is 0. The van der Waals surface area contributed by atoms with Gasteiger partial charge in [-0.2, -0.15) is 22.0 Å². The van der Waals surface area contributed by atoms with E-state index in [-0.39, 0.29) is 0 Å². The molecule has 0 N–H and O–H groups in total. The maximum absolute atomic E-state index is 13.0. The van der Waals surface area contributed by atoms with Crippen LogP contribution in [0.25, 0.3) is 0 Å². The molecule has 0 atom stereocenters. The van der Waals surface area contributed by atoms with Gasteiger partial charge >= 0.3 is 12.3 Å². The lowest BCUT2D eigenvalue weighted by Crippen LogP contribution is -2.41. The summed E-state index contributed by atoms with van der Waals surface area (Å²) in [7, 11) is -0.391. The first-order chi connectivity index (χ1) is 11.8. The molecule has 0 heterocycles. The second-order valence-corrected chi connectivity index (χ2v) is 9.69. The number of ether oxygens (including phenoxy) is 1. The number of rotatable bonds is 5. The van der Waals surface area contributed by atoms with Gasteiger partial charge in [-0.05, 0) is 54.4 Å². The fourth-order valence-electron chi connectivity index (χ4n) is 3.98. The van der Waals surface area contributed by atoms with Crippen molar-refractivity contribution < 1.29 is 26.7 Å². The van der Waals surface area contributed by atoms with Crippen LogP contribution in [-0.4, -0.2) is 23.6 Å². The Kier molecular flexibility index (Phi) is 5.57. The predicted octanol–water partition coefficient (Wildman–Crippen LogP) is 6.21. The highest BCUT2D eigenvalue weighted by molar-refractivity contribution is 7.67. The Morgan fingerprint density at radius 3 is 1.60 bits per heavy atom. The Hall–Kier alpha value is -0.900. The standard InChI is InChI=1S/C18H22F5OP/c19-17(20,21)18(22,23)24-13-9-11-16(12-10-13)25(14-5-1-2-6-14)15-7-3-4-8-15/h9-12,14-15H,1-8H2. The van der Waals surface area contributed by atoms with Crippen molar-refractivity contribution in [3.8, 4) is 5.75 Å². The molecule has 0 aliphatic heterocycles. The van der Waals surface area contributed by atoms with Crippen molar-refractivity contribution in [3.63, 3.8) is 0 Å². The number of benzene rings is 1. The van der Waals surface area contributed by atoms with Crippen molar-refractivity contribution in [2.75, 3.05) is 0 Å². The molecule has 7 heteroatoms. The quantitative estimate of drug-likeness (QED) is 0.436. The fraction of sp³-hybridized carbons (Fsp3) is 0.667. The number of hydrogen-bond donors (Lipinski definition) is 0. The maximum atomic E-state index is 13.0. The van der Waals surface area contributed by atoms with E-state index < -0.39 is 26.0 Å². The first-order valence-corrected chi connectivity index (χ1v) is 10.3. The lowest BCUT2D eigenvalue weighted by atomic mass is 10.3. The van der Waals surface area contributed by atoms with E-state index >= 15 is 0 Å². The normalized spacial score (nSPS) is 20.6. The van der Waals surface area contributed by atoms with E-state index in [2.05, 4.69) is 4.74 Å². The number of halogens is 5. The van der Waals surface area contributed by atoms with Crippen LogP contribution in [0.15, 0.2) is 24.3 Å². The molecule has 0 amide bonds. The summed E-state index contributed by atoms with van der Waals surface area (Å²) in [6, 6.07) is 5.91. The molecule has 1 nitrogen and oxygen atoms in total. The van der Waals surface area contributed by atoms with Crippen molar-refractivity contribution in [1.29, 1.82) is 0 Å². The predicted molar refractivity (Wildman–Crippen MR) is 89.1 cm³/mol. The van der Waals surface area contributed by atoms with E-state index in [0.717, 1.165) is 5.30 Å². The van der Waals surface area contributed by atoms with Crippen LogP contribution in [0.4, 0.5) is 22.0 Å². The second-order valence-electron chi connectivity index (χ2n) is 6.89. The van der Waals surface area contributed by atoms with Gasteiger partial charge in [0.15, 0.2) is 0 Å². The van der Waals surface area contributed by atoms with Gasteiger partial charge in [0.2, 0.25) is 0 Å². The topological polar surface area (TPSA) is 9.23 Å². The largest absolute Gasteiger partial charge is 0.499 e. The van der Waals surface area contributed by atoms with Gasteiger partial charge in [-0.25, -0.2) is 0 Å². The third-order valence-electron chi connectivity index (χ3n) is 5.15. The Labute approximate surface area is 145 Å². The van der Waals surface area contributed by atoms with Gasteiger partial charge in [0.25, 0.3) is 0 Å². The van der Waals surface area contributed by atoms with Crippen LogP contribution in [0.1, 0.15) is 51.4 Å². The van der Waals surface area contributed by atoms with Gasteiger partial charge < -0.3 is 4.74 Å². The number of hydrogen-bond acceptors (Lipinski definition) is 1. The van der Waals surface area contributed by atoms with Crippen molar-refractivity contribution >= 4 is 13.2 Å². The van der Waals surface area contributed by atoms with Crippen molar-refractivity contribution in [3.05, 3.63) is 24.3 Å². The molecule has 0 spiro atoms. The van der Waals surface area contributed by atoms with Crippen LogP contribution in [0.2, 0.25) is 0 Å². The van der Waals surface area contributed by atoms with E-state index in [1.165, 1.54) is 63.5 Å². The van der Waals surface area contributed by atoms with Gasteiger partial charge in [-0.1, -0.05) is 45.7 Å². The molecule has 0 aromatic heterocycles. The van der Waals surface area contributed by atoms with Crippen LogP contribution in [0.3, 0.4) is 0 Å². The Bertz CT molecular complexity index is 544. The molecular weight excluding hydrogens is 358 g/mol. The molecule has 2 aliphatic rings. The molecule has 0 radical (unpaired) electrons. The lowest BCUT2D eigenvalue weighted by molar-refractivity contribution is -0.360. The van der Waals surface area contributed by atoms with Crippen LogP contribution in [0, 0.1) is 0 Å². The van der Waals surface area contributed by atoms with Crippen molar-refractivity contribution in [2.45, 2.75) is 75.0 Å². The van der Waals surface area contributed by atoms with E-state index in [0.29, 0.717) is 11.3 Å². The summed E-state index contributed by atoms with van der Waals surface area (Å²) in [4.78, 5) is 0. The Morgan fingerprint density at radius 2 is 1.20 bits per heavy atom. The molecule has 2 fully saturated rings. The van der Waals surface area contributed by atoms with E-state index in [1.54, 1.807) is 12.1 Å². The third kappa shape index (κ3) is 4.27. The van der Waals surface area contributed by atoms with Crippen molar-refractivity contribution in [2.24, 2.45) is 0 Å².